The predicted octanol–water partition coefficient (Wildman–Crippen LogP) is 3.73. The fourth-order valence-corrected chi connectivity index (χ4v) is 5.07. The number of nitrogens with zero attached hydrogens (tertiary/aromatic N) is 2. The summed E-state index contributed by atoms with van der Waals surface area (Å²) >= 11 is 0. The van der Waals surface area contributed by atoms with Crippen LogP contribution in [0.4, 0.5) is 0 Å². The molecule has 2 amide bonds. The zero-order valence-electron chi connectivity index (χ0n) is 17.0. The van der Waals surface area contributed by atoms with Gasteiger partial charge >= 0.3 is 0 Å². The van der Waals surface area contributed by atoms with Crippen molar-refractivity contribution in [1.82, 2.24) is 20.2 Å². The molecular formula is C22H34N4O2. The van der Waals surface area contributed by atoms with Crippen molar-refractivity contribution in [3.05, 3.63) is 17.2 Å². The second-order valence-corrected chi connectivity index (χ2v) is 8.81. The van der Waals surface area contributed by atoms with Crippen molar-refractivity contribution in [2.45, 2.75) is 109 Å². The maximum atomic E-state index is 13.0. The lowest BCUT2D eigenvalue weighted by Gasteiger charge is -2.23. The Labute approximate surface area is 167 Å². The molecule has 1 aliphatic heterocycles. The van der Waals surface area contributed by atoms with Gasteiger partial charge in [0, 0.05) is 18.6 Å². The highest BCUT2D eigenvalue weighted by Crippen LogP contribution is 2.24. The van der Waals surface area contributed by atoms with Crippen LogP contribution in [0.5, 0.6) is 0 Å². The van der Waals surface area contributed by atoms with Crippen LogP contribution in [0.3, 0.4) is 0 Å². The van der Waals surface area contributed by atoms with E-state index in [-0.39, 0.29) is 23.9 Å². The van der Waals surface area contributed by atoms with Crippen molar-refractivity contribution in [2.75, 3.05) is 0 Å². The van der Waals surface area contributed by atoms with Crippen molar-refractivity contribution in [3.8, 4) is 0 Å². The van der Waals surface area contributed by atoms with E-state index in [9.17, 15) is 9.59 Å². The summed E-state index contributed by atoms with van der Waals surface area (Å²) in [5.74, 6) is 0.240. The number of nitrogens with one attached hydrogen (secondary N) is 2. The van der Waals surface area contributed by atoms with Gasteiger partial charge < -0.3 is 15.2 Å². The average molecular weight is 387 g/mol. The molecule has 0 spiro atoms. The van der Waals surface area contributed by atoms with E-state index in [1.807, 2.05) is 4.57 Å². The number of aromatic nitrogens is 2. The SMILES string of the molecule is O=C(NC1CCCCCC1)c1nc(C(=O)NC2CCCCC2)n2c1CCCC2. The minimum atomic E-state index is -0.108. The van der Waals surface area contributed by atoms with Crippen LogP contribution in [0.25, 0.3) is 0 Å². The van der Waals surface area contributed by atoms with Gasteiger partial charge in [0.15, 0.2) is 5.82 Å². The van der Waals surface area contributed by atoms with Crippen LogP contribution in [-0.4, -0.2) is 33.4 Å². The number of carbonyl (C=O) groups is 2. The molecule has 154 valence electrons. The van der Waals surface area contributed by atoms with Crippen molar-refractivity contribution in [3.63, 3.8) is 0 Å². The lowest BCUT2D eigenvalue weighted by Crippen LogP contribution is -2.38. The second-order valence-electron chi connectivity index (χ2n) is 8.81. The number of hydrogen-bond donors (Lipinski definition) is 2. The normalized spacial score (nSPS) is 21.6. The molecule has 1 aromatic heterocycles. The summed E-state index contributed by atoms with van der Waals surface area (Å²) in [5.41, 5.74) is 1.43. The molecule has 6 nitrogen and oxygen atoms in total. The molecule has 2 fully saturated rings. The number of rotatable bonds is 4. The van der Waals surface area contributed by atoms with E-state index in [2.05, 4.69) is 15.6 Å². The third-order valence-electron chi connectivity index (χ3n) is 6.67. The third kappa shape index (κ3) is 4.41. The van der Waals surface area contributed by atoms with Crippen LogP contribution < -0.4 is 10.6 Å². The zero-order chi connectivity index (χ0) is 19.3. The van der Waals surface area contributed by atoms with Crippen LogP contribution in [0.1, 0.15) is 110 Å². The quantitative estimate of drug-likeness (QED) is 0.774. The van der Waals surface area contributed by atoms with Gasteiger partial charge in [0.1, 0.15) is 5.69 Å². The molecule has 1 aromatic rings. The van der Waals surface area contributed by atoms with Crippen molar-refractivity contribution >= 4 is 11.8 Å². The van der Waals surface area contributed by atoms with Crippen LogP contribution in [-0.2, 0) is 13.0 Å². The number of imidazole rings is 1. The largest absolute Gasteiger partial charge is 0.348 e. The molecule has 2 heterocycles. The molecular weight excluding hydrogens is 352 g/mol. The topological polar surface area (TPSA) is 76.0 Å². The number of amides is 2. The zero-order valence-corrected chi connectivity index (χ0v) is 17.0. The molecule has 0 aromatic carbocycles. The van der Waals surface area contributed by atoms with Crippen LogP contribution in [0, 0.1) is 0 Å². The molecule has 2 aliphatic carbocycles. The molecule has 3 aliphatic rings. The monoisotopic (exact) mass is 386 g/mol. The minimum absolute atomic E-state index is 0.0886. The van der Waals surface area contributed by atoms with E-state index in [4.69, 9.17) is 0 Å². The van der Waals surface area contributed by atoms with Gasteiger partial charge in [0.2, 0.25) is 0 Å². The fourth-order valence-electron chi connectivity index (χ4n) is 5.07. The van der Waals surface area contributed by atoms with Gasteiger partial charge in [-0.15, -0.1) is 0 Å². The first kappa shape index (κ1) is 19.5. The molecule has 6 heteroatoms. The average Bonchev–Trinajstić information content (AvgIpc) is 2.92. The van der Waals surface area contributed by atoms with Gasteiger partial charge in [-0.1, -0.05) is 44.9 Å². The van der Waals surface area contributed by atoms with E-state index in [0.717, 1.165) is 57.2 Å². The maximum Gasteiger partial charge on any atom is 0.287 e. The summed E-state index contributed by atoms with van der Waals surface area (Å²) in [6.45, 7) is 0.784. The Morgan fingerprint density at radius 1 is 0.750 bits per heavy atom. The summed E-state index contributed by atoms with van der Waals surface area (Å²) in [6.07, 6.45) is 15.6. The van der Waals surface area contributed by atoms with E-state index in [1.54, 1.807) is 0 Å². The van der Waals surface area contributed by atoms with Gasteiger partial charge in [-0.2, -0.15) is 0 Å². The number of carbonyl (C=O) groups excluding carboxylic acids is 2. The Kier molecular flexibility index (Phi) is 6.33. The molecule has 0 radical (unpaired) electrons. The van der Waals surface area contributed by atoms with Crippen LogP contribution >= 0.6 is 0 Å². The Morgan fingerprint density at radius 3 is 1.96 bits per heavy atom. The minimum Gasteiger partial charge on any atom is -0.348 e. The van der Waals surface area contributed by atoms with Crippen LogP contribution in [0.2, 0.25) is 0 Å². The molecule has 0 saturated heterocycles. The first-order valence-electron chi connectivity index (χ1n) is 11.4. The van der Waals surface area contributed by atoms with Gasteiger partial charge in [0.05, 0.1) is 5.69 Å². The fraction of sp³-hybridized carbons (Fsp3) is 0.773. The molecule has 0 atom stereocenters. The lowest BCUT2D eigenvalue weighted by molar-refractivity contribution is 0.0911. The summed E-state index contributed by atoms with van der Waals surface area (Å²) in [5, 5.41) is 6.39. The molecule has 2 N–H and O–H groups in total. The maximum absolute atomic E-state index is 13.0. The first-order chi connectivity index (χ1) is 13.7. The Balaban J connectivity index is 1.50. The molecule has 2 saturated carbocycles. The highest BCUT2D eigenvalue weighted by atomic mass is 16.2. The van der Waals surface area contributed by atoms with Gasteiger partial charge in [-0.3, -0.25) is 9.59 Å². The van der Waals surface area contributed by atoms with Crippen molar-refractivity contribution < 1.29 is 9.59 Å². The standard InChI is InChI=1S/C22H34N4O2/c27-21(23-16-10-4-1-2-5-11-16)19-18-14-8-9-15-26(18)20(25-19)22(28)24-17-12-6-3-7-13-17/h16-17H,1-15H2,(H,23,27)(H,24,28). The number of fused-ring (bicyclic) bond motifs is 1. The summed E-state index contributed by atoms with van der Waals surface area (Å²) in [7, 11) is 0. The molecule has 28 heavy (non-hydrogen) atoms. The number of hydrogen-bond acceptors (Lipinski definition) is 3. The second kappa shape index (κ2) is 9.10. The van der Waals surface area contributed by atoms with E-state index < -0.39 is 0 Å². The highest BCUT2D eigenvalue weighted by molar-refractivity contribution is 5.97. The van der Waals surface area contributed by atoms with Crippen molar-refractivity contribution in [1.29, 1.82) is 0 Å². The smallest absolute Gasteiger partial charge is 0.287 e. The summed E-state index contributed by atoms with van der Waals surface area (Å²) in [4.78, 5) is 30.5. The third-order valence-corrected chi connectivity index (χ3v) is 6.67. The molecule has 4 rings (SSSR count). The van der Waals surface area contributed by atoms with Gasteiger partial charge in [-0.25, -0.2) is 4.98 Å². The van der Waals surface area contributed by atoms with E-state index >= 15 is 0 Å². The Bertz CT molecular complexity index is 698. The predicted molar refractivity (Wildman–Crippen MR) is 108 cm³/mol. The van der Waals surface area contributed by atoms with Crippen molar-refractivity contribution in [2.24, 2.45) is 0 Å². The van der Waals surface area contributed by atoms with Crippen LogP contribution in [0.15, 0.2) is 0 Å². The Morgan fingerprint density at radius 2 is 1.32 bits per heavy atom. The first-order valence-corrected chi connectivity index (χ1v) is 11.4. The highest BCUT2D eigenvalue weighted by Gasteiger charge is 2.29. The van der Waals surface area contributed by atoms with E-state index in [1.165, 1.54) is 44.9 Å². The Hall–Kier alpha value is -1.85. The van der Waals surface area contributed by atoms with Gasteiger partial charge in [0.25, 0.3) is 11.8 Å². The summed E-state index contributed by atoms with van der Waals surface area (Å²) < 4.78 is 2.00. The van der Waals surface area contributed by atoms with Gasteiger partial charge in [-0.05, 0) is 44.9 Å². The molecule has 0 bridgehead atoms. The summed E-state index contributed by atoms with van der Waals surface area (Å²) in [6, 6.07) is 0.497. The van der Waals surface area contributed by atoms with E-state index in [0.29, 0.717) is 11.5 Å². The molecule has 0 unspecified atom stereocenters. The lowest BCUT2D eigenvalue weighted by atomic mass is 9.95.